The van der Waals surface area contributed by atoms with E-state index in [-0.39, 0.29) is 5.91 Å². The molecule has 58 valence electrons. The molecule has 0 unspecified atom stereocenters. The molecule has 0 saturated heterocycles. The second kappa shape index (κ2) is 3.55. The first-order valence-corrected chi connectivity index (χ1v) is 3.21. The van der Waals surface area contributed by atoms with Gasteiger partial charge in [0.2, 0.25) is 5.91 Å². The van der Waals surface area contributed by atoms with Crippen LogP contribution < -0.4 is 10.9 Å². The predicted molar refractivity (Wildman–Crippen MR) is 41.7 cm³/mol. The van der Waals surface area contributed by atoms with Crippen molar-refractivity contribution >= 4 is 11.6 Å². The highest BCUT2D eigenvalue weighted by Crippen LogP contribution is 1.98. The van der Waals surface area contributed by atoms with Crippen molar-refractivity contribution in [3.8, 4) is 0 Å². The van der Waals surface area contributed by atoms with Crippen LogP contribution in [0.15, 0.2) is 24.5 Å². The van der Waals surface area contributed by atoms with Crippen molar-refractivity contribution in [1.82, 2.24) is 10.4 Å². The van der Waals surface area contributed by atoms with Crippen LogP contribution in [-0.4, -0.2) is 10.9 Å². The van der Waals surface area contributed by atoms with Crippen LogP contribution in [0.3, 0.4) is 0 Å². The van der Waals surface area contributed by atoms with Gasteiger partial charge in [-0.2, -0.15) is 0 Å². The lowest BCUT2D eigenvalue weighted by Gasteiger charge is -2.03. The molecule has 0 aliphatic rings. The van der Waals surface area contributed by atoms with Gasteiger partial charge in [-0.15, -0.1) is 0 Å². The van der Waals surface area contributed by atoms with Gasteiger partial charge in [-0.05, 0) is 12.1 Å². The summed E-state index contributed by atoms with van der Waals surface area (Å²) in [7, 11) is 0. The average Bonchev–Trinajstić information content (AvgIpc) is 2.03. The molecule has 0 saturated carbocycles. The van der Waals surface area contributed by atoms with Crippen molar-refractivity contribution < 1.29 is 4.79 Å². The SMILES string of the molecule is CC(=O)NNc1cccnc1. The summed E-state index contributed by atoms with van der Waals surface area (Å²) in [4.78, 5) is 14.3. The van der Waals surface area contributed by atoms with E-state index in [1.807, 2.05) is 6.07 Å². The van der Waals surface area contributed by atoms with Gasteiger partial charge in [-0.1, -0.05) is 0 Å². The van der Waals surface area contributed by atoms with Gasteiger partial charge in [0.15, 0.2) is 0 Å². The molecule has 2 N–H and O–H groups in total. The van der Waals surface area contributed by atoms with E-state index in [1.54, 1.807) is 18.5 Å². The minimum Gasteiger partial charge on any atom is -0.297 e. The maximum atomic E-state index is 10.4. The molecule has 4 heteroatoms. The summed E-state index contributed by atoms with van der Waals surface area (Å²) in [6.45, 7) is 1.43. The highest BCUT2D eigenvalue weighted by atomic mass is 16.2. The molecule has 1 amide bonds. The predicted octanol–water partition coefficient (Wildman–Crippen LogP) is 0.545. The number of aromatic nitrogens is 1. The topological polar surface area (TPSA) is 54.0 Å². The van der Waals surface area contributed by atoms with Crippen LogP contribution in [0.25, 0.3) is 0 Å². The van der Waals surface area contributed by atoms with E-state index in [2.05, 4.69) is 15.8 Å². The fourth-order valence-corrected chi connectivity index (χ4v) is 0.597. The largest absolute Gasteiger partial charge is 0.297 e. The Labute approximate surface area is 64.6 Å². The fourth-order valence-electron chi connectivity index (χ4n) is 0.597. The molecule has 1 heterocycles. The van der Waals surface area contributed by atoms with E-state index < -0.39 is 0 Å². The maximum absolute atomic E-state index is 10.4. The molecule has 11 heavy (non-hydrogen) atoms. The van der Waals surface area contributed by atoms with Crippen molar-refractivity contribution in [3.63, 3.8) is 0 Å². The number of anilines is 1. The molecule has 0 radical (unpaired) electrons. The standard InChI is InChI=1S/C7H9N3O/c1-6(11)9-10-7-3-2-4-8-5-7/h2-5,10H,1H3,(H,9,11). The van der Waals surface area contributed by atoms with Crippen molar-refractivity contribution in [2.75, 3.05) is 5.43 Å². The highest BCUT2D eigenvalue weighted by molar-refractivity contribution is 5.74. The summed E-state index contributed by atoms with van der Waals surface area (Å²) in [6, 6.07) is 3.59. The quantitative estimate of drug-likeness (QED) is 0.607. The Bertz CT molecular complexity index is 235. The summed E-state index contributed by atoms with van der Waals surface area (Å²) < 4.78 is 0. The number of carbonyl (C=O) groups is 1. The molecule has 1 aromatic rings. The first-order chi connectivity index (χ1) is 5.29. The third-order valence-corrected chi connectivity index (χ3v) is 1.04. The second-order valence-corrected chi connectivity index (χ2v) is 2.05. The lowest BCUT2D eigenvalue weighted by Crippen LogP contribution is -2.26. The summed E-state index contributed by atoms with van der Waals surface area (Å²) in [5, 5.41) is 0. The Balaban J connectivity index is 2.45. The Morgan fingerprint density at radius 3 is 3.00 bits per heavy atom. The average molecular weight is 151 g/mol. The summed E-state index contributed by atoms with van der Waals surface area (Å²) >= 11 is 0. The van der Waals surface area contributed by atoms with Crippen LogP contribution in [0.2, 0.25) is 0 Å². The van der Waals surface area contributed by atoms with Crippen molar-refractivity contribution in [2.45, 2.75) is 6.92 Å². The van der Waals surface area contributed by atoms with Gasteiger partial charge in [0, 0.05) is 13.1 Å². The van der Waals surface area contributed by atoms with Gasteiger partial charge in [-0.25, -0.2) is 0 Å². The number of hydrazine groups is 1. The van der Waals surface area contributed by atoms with Crippen molar-refractivity contribution in [2.24, 2.45) is 0 Å². The van der Waals surface area contributed by atoms with E-state index in [0.29, 0.717) is 0 Å². The normalized spacial score (nSPS) is 8.82. The van der Waals surface area contributed by atoms with Crippen LogP contribution in [0.1, 0.15) is 6.92 Å². The number of nitrogens with zero attached hydrogens (tertiary/aromatic N) is 1. The Morgan fingerprint density at radius 2 is 2.45 bits per heavy atom. The highest BCUT2D eigenvalue weighted by Gasteiger charge is 1.89. The summed E-state index contributed by atoms with van der Waals surface area (Å²) in [5.74, 6) is -0.131. The van der Waals surface area contributed by atoms with Crippen LogP contribution in [-0.2, 0) is 4.79 Å². The van der Waals surface area contributed by atoms with Gasteiger partial charge < -0.3 is 0 Å². The number of rotatable bonds is 2. The first-order valence-electron chi connectivity index (χ1n) is 3.21. The van der Waals surface area contributed by atoms with Crippen LogP contribution in [0.5, 0.6) is 0 Å². The summed E-state index contributed by atoms with van der Waals surface area (Å²) in [5.41, 5.74) is 5.88. The molecule has 4 nitrogen and oxygen atoms in total. The zero-order valence-corrected chi connectivity index (χ0v) is 6.16. The molecule has 0 aromatic carbocycles. The van der Waals surface area contributed by atoms with Gasteiger partial charge in [0.25, 0.3) is 0 Å². The van der Waals surface area contributed by atoms with Crippen LogP contribution in [0, 0.1) is 0 Å². The first kappa shape index (κ1) is 7.53. The number of amides is 1. The van der Waals surface area contributed by atoms with E-state index in [0.717, 1.165) is 5.69 Å². The third-order valence-electron chi connectivity index (χ3n) is 1.04. The van der Waals surface area contributed by atoms with Gasteiger partial charge >= 0.3 is 0 Å². The smallest absolute Gasteiger partial charge is 0.235 e. The molecule has 1 aromatic heterocycles. The molecule has 0 bridgehead atoms. The lowest BCUT2D eigenvalue weighted by molar-refractivity contribution is -0.118. The number of hydrogen-bond acceptors (Lipinski definition) is 3. The fraction of sp³-hybridized carbons (Fsp3) is 0.143. The third kappa shape index (κ3) is 2.66. The number of carbonyl (C=O) groups excluding carboxylic acids is 1. The molecule has 0 aliphatic heterocycles. The second-order valence-electron chi connectivity index (χ2n) is 2.05. The number of nitrogens with one attached hydrogen (secondary N) is 2. The van der Waals surface area contributed by atoms with E-state index in [4.69, 9.17) is 0 Å². The van der Waals surface area contributed by atoms with E-state index in [9.17, 15) is 4.79 Å². The molecule has 0 fully saturated rings. The Kier molecular flexibility index (Phi) is 2.43. The van der Waals surface area contributed by atoms with E-state index >= 15 is 0 Å². The van der Waals surface area contributed by atoms with Gasteiger partial charge in [0.1, 0.15) is 0 Å². The van der Waals surface area contributed by atoms with Gasteiger partial charge in [0.05, 0.1) is 11.9 Å². The Hall–Kier alpha value is -1.58. The zero-order chi connectivity index (χ0) is 8.10. The number of hydrogen-bond donors (Lipinski definition) is 2. The van der Waals surface area contributed by atoms with E-state index in [1.165, 1.54) is 6.92 Å². The Morgan fingerprint density at radius 1 is 1.64 bits per heavy atom. The molecule has 0 atom stereocenters. The van der Waals surface area contributed by atoms with Crippen LogP contribution in [0.4, 0.5) is 5.69 Å². The van der Waals surface area contributed by atoms with Crippen molar-refractivity contribution in [1.29, 1.82) is 0 Å². The maximum Gasteiger partial charge on any atom is 0.235 e. The van der Waals surface area contributed by atoms with Crippen molar-refractivity contribution in [3.05, 3.63) is 24.5 Å². The lowest BCUT2D eigenvalue weighted by atomic mass is 10.4. The molecular weight excluding hydrogens is 142 g/mol. The van der Waals surface area contributed by atoms with Crippen LogP contribution >= 0.6 is 0 Å². The summed E-state index contributed by atoms with van der Waals surface area (Å²) in [6.07, 6.45) is 3.29. The molecular formula is C7H9N3O. The zero-order valence-electron chi connectivity index (χ0n) is 6.16. The molecule has 0 spiro atoms. The monoisotopic (exact) mass is 151 g/mol. The number of pyridine rings is 1. The van der Waals surface area contributed by atoms with Gasteiger partial charge in [-0.3, -0.25) is 20.6 Å². The molecule has 0 aliphatic carbocycles. The minimum absolute atomic E-state index is 0.131. The minimum atomic E-state index is -0.131. The molecule has 1 rings (SSSR count).